The Morgan fingerprint density at radius 1 is 1.29 bits per heavy atom. The molecule has 0 saturated heterocycles. The summed E-state index contributed by atoms with van der Waals surface area (Å²) in [5.74, 6) is -2.01. The van der Waals surface area contributed by atoms with Gasteiger partial charge in [0.2, 0.25) is 0 Å². The van der Waals surface area contributed by atoms with E-state index in [4.69, 9.17) is 5.11 Å². The normalized spacial score (nSPS) is 11.3. The molecule has 0 aromatic heterocycles. The maximum absolute atomic E-state index is 11.7. The maximum atomic E-state index is 11.7. The van der Waals surface area contributed by atoms with E-state index >= 15 is 0 Å². The maximum Gasteiger partial charge on any atom is 0.326 e. The Kier molecular flexibility index (Phi) is 6.19. The summed E-state index contributed by atoms with van der Waals surface area (Å²) in [7, 11) is 1.15. The molecule has 1 rings (SSSR count). The first-order valence-corrected chi connectivity index (χ1v) is 6.32. The van der Waals surface area contributed by atoms with Crippen LogP contribution in [-0.2, 0) is 20.9 Å². The van der Waals surface area contributed by atoms with Gasteiger partial charge in [0.1, 0.15) is 6.04 Å². The van der Waals surface area contributed by atoms with Crippen molar-refractivity contribution in [2.45, 2.75) is 25.9 Å². The summed E-state index contributed by atoms with van der Waals surface area (Å²) in [6.07, 6.45) is -0.427. The van der Waals surface area contributed by atoms with E-state index < -0.39 is 30.4 Å². The van der Waals surface area contributed by atoms with E-state index in [0.29, 0.717) is 0 Å². The molecule has 0 unspecified atom stereocenters. The van der Waals surface area contributed by atoms with Crippen LogP contribution in [0.25, 0.3) is 0 Å². The standard InChI is InChI=1S/C14H18N2O5/c1-9-5-3-4-6-10(9)8-15-14(20)16-11(13(18)19)7-12(17)21-2/h3-6,11H,7-8H2,1-2H3,(H,18,19)(H2,15,16,20)/t11-/m0/s1. The number of ether oxygens (including phenoxy) is 1. The molecule has 7 nitrogen and oxygen atoms in total. The van der Waals surface area contributed by atoms with Gasteiger partial charge in [-0.25, -0.2) is 9.59 Å². The van der Waals surface area contributed by atoms with Gasteiger partial charge < -0.3 is 20.5 Å². The zero-order valence-corrected chi connectivity index (χ0v) is 11.9. The van der Waals surface area contributed by atoms with Gasteiger partial charge in [0.15, 0.2) is 0 Å². The minimum atomic E-state index is -1.32. The third kappa shape index (κ3) is 5.52. The topological polar surface area (TPSA) is 105 Å². The van der Waals surface area contributed by atoms with Crippen molar-refractivity contribution in [2.75, 3.05) is 7.11 Å². The quantitative estimate of drug-likeness (QED) is 0.673. The number of rotatable bonds is 6. The number of methoxy groups -OCH3 is 1. The molecule has 1 atom stereocenters. The molecule has 0 aliphatic rings. The van der Waals surface area contributed by atoms with Crippen LogP contribution in [0.4, 0.5) is 4.79 Å². The van der Waals surface area contributed by atoms with Crippen LogP contribution >= 0.6 is 0 Å². The zero-order chi connectivity index (χ0) is 15.8. The van der Waals surface area contributed by atoms with E-state index in [9.17, 15) is 14.4 Å². The summed E-state index contributed by atoms with van der Waals surface area (Å²) in [4.78, 5) is 33.7. The van der Waals surface area contributed by atoms with Gasteiger partial charge in [0, 0.05) is 6.54 Å². The van der Waals surface area contributed by atoms with Crippen LogP contribution in [0.3, 0.4) is 0 Å². The predicted octanol–water partition coefficient (Wildman–Crippen LogP) is 0.811. The number of carboxylic acids is 1. The highest BCUT2D eigenvalue weighted by molar-refractivity contribution is 5.86. The lowest BCUT2D eigenvalue weighted by atomic mass is 10.1. The first kappa shape index (κ1) is 16.5. The van der Waals surface area contributed by atoms with Crippen LogP contribution in [0.5, 0.6) is 0 Å². The van der Waals surface area contributed by atoms with E-state index in [1.807, 2.05) is 31.2 Å². The molecule has 0 bridgehead atoms. The Hall–Kier alpha value is -2.57. The summed E-state index contributed by atoms with van der Waals surface area (Å²) in [5.41, 5.74) is 1.94. The second-order valence-electron chi connectivity index (χ2n) is 4.42. The molecule has 1 aromatic carbocycles. The summed E-state index contributed by atoms with van der Waals surface area (Å²) in [5, 5.41) is 13.7. The van der Waals surface area contributed by atoms with Gasteiger partial charge in [-0.3, -0.25) is 4.79 Å². The minimum Gasteiger partial charge on any atom is -0.480 e. The number of esters is 1. The molecule has 0 aliphatic carbocycles. The van der Waals surface area contributed by atoms with E-state index in [1.165, 1.54) is 0 Å². The Bertz CT molecular complexity index is 530. The molecule has 0 saturated carbocycles. The Balaban J connectivity index is 2.53. The fraction of sp³-hybridized carbons (Fsp3) is 0.357. The molecular weight excluding hydrogens is 276 g/mol. The summed E-state index contributed by atoms with van der Waals surface area (Å²) in [6, 6.07) is 5.52. The molecule has 3 N–H and O–H groups in total. The Morgan fingerprint density at radius 2 is 1.95 bits per heavy atom. The number of carbonyl (C=O) groups excluding carboxylic acids is 2. The van der Waals surface area contributed by atoms with Crippen molar-refractivity contribution in [3.63, 3.8) is 0 Å². The molecule has 114 valence electrons. The summed E-state index contributed by atoms with van der Waals surface area (Å²) < 4.78 is 4.38. The van der Waals surface area contributed by atoms with Crippen molar-refractivity contribution in [1.82, 2.24) is 10.6 Å². The van der Waals surface area contributed by atoms with E-state index in [0.717, 1.165) is 18.2 Å². The van der Waals surface area contributed by atoms with Crippen LogP contribution in [0.1, 0.15) is 17.5 Å². The van der Waals surface area contributed by atoms with E-state index in [-0.39, 0.29) is 6.54 Å². The lowest BCUT2D eigenvalue weighted by molar-refractivity contribution is -0.147. The molecule has 21 heavy (non-hydrogen) atoms. The largest absolute Gasteiger partial charge is 0.480 e. The second-order valence-corrected chi connectivity index (χ2v) is 4.42. The number of benzene rings is 1. The molecule has 1 aromatic rings. The van der Waals surface area contributed by atoms with Crippen LogP contribution < -0.4 is 10.6 Å². The average molecular weight is 294 g/mol. The van der Waals surface area contributed by atoms with Crippen molar-refractivity contribution in [3.8, 4) is 0 Å². The van der Waals surface area contributed by atoms with Crippen molar-refractivity contribution in [2.24, 2.45) is 0 Å². The number of urea groups is 1. The van der Waals surface area contributed by atoms with Crippen molar-refractivity contribution in [1.29, 1.82) is 0 Å². The van der Waals surface area contributed by atoms with Crippen molar-refractivity contribution < 1.29 is 24.2 Å². The van der Waals surface area contributed by atoms with Crippen LogP contribution in [0, 0.1) is 6.92 Å². The molecule has 0 fully saturated rings. The van der Waals surface area contributed by atoms with Gasteiger partial charge in [-0.1, -0.05) is 24.3 Å². The highest BCUT2D eigenvalue weighted by Gasteiger charge is 2.23. The minimum absolute atomic E-state index is 0.267. The summed E-state index contributed by atoms with van der Waals surface area (Å²) in [6.45, 7) is 2.18. The van der Waals surface area contributed by atoms with Gasteiger partial charge in [0.25, 0.3) is 0 Å². The zero-order valence-electron chi connectivity index (χ0n) is 11.9. The number of carbonyl (C=O) groups is 3. The SMILES string of the molecule is COC(=O)C[C@H](NC(=O)NCc1ccccc1C)C(=O)O. The van der Waals surface area contributed by atoms with E-state index in [1.54, 1.807) is 0 Å². The number of hydrogen-bond acceptors (Lipinski definition) is 4. The number of hydrogen-bond donors (Lipinski definition) is 3. The second kappa shape index (κ2) is 7.88. The van der Waals surface area contributed by atoms with Gasteiger partial charge in [-0.05, 0) is 18.1 Å². The number of amides is 2. The third-order valence-electron chi connectivity index (χ3n) is 2.90. The first-order chi connectivity index (χ1) is 9.93. The average Bonchev–Trinajstić information content (AvgIpc) is 2.45. The van der Waals surface area contributed by atoms with Gasteiger partial charge in [0.05, 0.1) is 13.5 Å². The molecule has 0 aliphatic heterocycles. The lowest BCUT2D eigenvalue weighted by Gasteiger charge is -2.14. The van der Waals surface area contributed by atoms with Crippen LogP contribution in [0.2, 0.25) is 0 Å². The number of aliphatic carboxylic acids is 1. The summed E-state index contributed by atoms with van der Waals surface area (Å²) >= 11 is 0. The molecule has 7 heteroatoms. The molecule has 0 heterocycles. The molecule has 2 amide bonds. The van der Waals surface area contributed by atoms with E-state index in [2.05, 4.69) is 15.4 Å². The Morgan fingerprint density at radius 3 is 2.52 bits per heavy atom. The fourth-order valence-corrected chi connectivity index (χ4v) is 1.64. The molecule has 0 radical (unpaired) electrons. The number of carboxylic acid groups (broad SMARTS) is 1. The van der Waals surface area contributed by atoms with Crippen molar-refractivity contribution in [3.05, 3.63) is 35.4 Å². The predicted molar refractivity (Wildman–Crippen MR) is 74.6 cm³/mol. The number of aryl methyl sites for hydroxylation is 1. The van der Waals surface area contributed by atoms with Gasteiger partial charge >= 0.3 is 18.0 Å². The van der Waals surface area contributed by atoms with Gasteiger partial charge in [-0.2, -0.15) is 0 Å². The highest BCUT2D eigenvalue weighted by Crippen LogP contribution is 2.06. The van der Waals surface area contributed by atoms with Crippen LogP contribution in [0.15, 0.2) is 24.3 Å². The number of nitrogens with one attached hydrogen (secondary N) is 2. The fourth-order valence-electron chi connectivity index (χ4n) is 1.64. The molecule has 0 spiro atoms. The highest BCUT2D eigenvalue weighted by atomic mass is 16.5. The molecular formula is C14H18N2O5. The van der Waals surface area contributed by atoms with Gasteiger partial charge in [-0.15, -0.1) is 0 Å². The first-order valence-electron chi connectivity index (χ1n) is 6.32. The monoisotopic (exact) mass is 294 g/mol. The smallest absolute Gasteiger partial charge is 0.326 e. The lowest BCUT2D eigenvalue weighted by Crippen LogP contribution is -2.46. The van der Waals surface area contributed by atoms with Crippen molar-refractivity contribution >= 4 is 18.0 Å². The van der Waals surface area contributed by atoms with Crippen LogP contribution in [-0.4, -0.2) is 36.2 Å². The Labute approximate surface area is 122 Å². The third-order valence-corrected chi connectivity index (χ3v) is 2.90.